The molecule has 162 valence electrons. The van der Waals surface area contributed by atoms with Crippen LogP contribution in [-0.4, -0.2) is 14.5 Å². The van der Waals surface area contributed by atoms with E-state index in [1.54, 1.807) is 0 Å². The molecule has 0 saturated carbocycles. The molecule has 0 fully saturated rings. The predicted molar refractivity (Wildman–Crippen MR) is 139 cm³/mol. The Labute approximate surface area is 198 Å². The van der Waals surface area contributed by atoms with Crippen LogP contribution in [0.15, 0.2) is 103 Å². The van der Waals surface area contributed by atoms with Gasteiger partial charge in [0.25, 0.3) is 0 Å². The van der Waals surface area contributed by atoms with Crippen LogP contribution >= 0.6 is 0 Å². The summed E-state index contributed by atoms with van der Waals surface area (Å²) in [4.78, 5) is 10.3. The summed E-state index contributed by atoms with van der Waals surface area (Å²) in [6, 6.07) is 36.1. The second kappa shape index (κ2) is 6.88. The summed E-state index contributed by atoms with van der Waals surface area (Å²) in [7, 11) is 0. The zero-order chi connectivity index (χ0) is 22.9. The molecular formula is C31H23N3. The van der Waals surface area contributed by atoms with Gasteiger partial charge in [-0.1, -0.05) is 105 Å². The van der Waals surface area contributed by atoms with Crippen LogP contribution in [0.25, 0.3) is 50.3 Å². The van der Waals surface area contributed by atoms with Crippen LogP contribution in [0.3, 0.4) is 0 Å². The monoisotopic (exact) mass is 437 g/mol. The van der Waals surface area contributed by atoms with Crippen LogP contribution < -0.4 is 0 Å². The van der Waals surface area contributed by atoms with E-state index >= 15 is 0 Å². The number of hydrogen-bond acceptors (Lipinski definition) is 2. The average molecular weight is 438 g/mol. The van der Waals surface area contributed by atoms with Crippen LogP contribution in [0.5, 0.6) is 0 Å². The van der Waals surface area contributed by atoms with Crippen molar-refractivity contribution in [2.75, 3.05) is 0 Å². The van der Waals surface area contributed by atoms with Crippen LogP contribution in [0, 0.1) is 0 Å². The summed E-state index contributed by atoms with van der Waals surface area (Å²) in [5, 5.41) is 2.32. The Bertz CT molecular complexity index is 1730. The summed E-state index contributed by atoms with van der Waals surface area (Å²) in [6.07, 6.45) is 0. The number of rotatable bonds is 2. The lowest BCUT2D eigenvalue weighted by molar-refractivity contribution is 0.666. The molecule has 3 heteroatoms. The fraction of sp³-hybridized carbons (Fsp3) is 0.0968. The highest BCUT2D eigenvalue weighted by Gasteiger charge is 2.40. The third kappa shape index (κ3) is 2.52. The van der Waals surface area contributed by atoms with Crippen LogP contribution in [0.2, 0.25) is 0 Å². The van der Waals surface area contributed by atoms with E-state index in [9.17, 15) is 0 Å². The minimum absolute atomic E-state index is 0.101. The molecule has 2 heterocycles. The SMILES string of the molecule is CC1(C)c2ccccc2-c2c1c1ccccc1n2-c1nc(-c2ccccc2)c2ccccc2n1. The van der Waals surface area contributed by atoms with E-state index in [2.05, 4.69) is 109 Å². The molecule has 0 amide bonds. The van der Waals surface area contributed by atoms with Gasteiger partial charge in [-0.3, -0.25) is 4.57 Å². The van der Waals surface area contributed by atoms with Crippen molar-refractivity contribution in [1.82, 2.24) is 14.5 Å². The van der Waals surface area contributed by atoms with E-state index in [1.807, 2.05) is 12.1 Å². The standard InChI is InChI=1S/C31H23N3/c1-31(2)24-17-9-6-14-21(24)29-27(31)23-16-8-11-19-26(23)34(29)30-32-25-18-10-7-15-22(25)28(33-30)20-12-4-3-5-13-20/h3-19H,1-2H3. The fourth-order valence-corrected chi connectivity index (χ4v) is 5.69. The summed E-state index contributed by atoms with van der Waals surface area (Å²) >= 11 is 0. The van der Waals surface area contributed by atoms with Crippen molar-refractivity contribution in [1.29, 1.82) is 0 Å². The zero-order valence-corrected chi connectivity index (χ0v) is 19.2. The third-order valence-electron chi connectivity index (χ3n) is 7.19. The Morgan fingerprint density at radius 3 is 2.18 bits per heavy atom. The molecule has 0 N–H and O–H groups in total. The van der Waals surface area contributed by atoms with E-state index in [1.165, 1.54) is 27.8 Å². The van der Waals surface area contributed by atoms with Gasteiger partial charge in [0.05, 0.1) is 22.4 Å². The van der Waals surface area contributed by atoms with Gasteiger partial charge < -0.3 is 0 Å². The van der Waals surface area contributed by atoms with Gasteiger partial charge in [-0.25, -0.2) is 9.97 Å². The minimum atomic E-state index is -0.101. The lowest BCUT2D eigenvalue weighted by Crippen LogP contribution is -2.14. The van der Waals surface area contributed by atoms with E-state index in [0.29, 0.717) is 5.95 Å². The van der Waals surface area contributed by atoms with Gasteiger partial charge >= 0.3 is 0 Å². The highest BCUT2D eigenvalue weighted by molar-refractivity contribution is 5.99. The largest absolute Gasteiger partial charge is 0.278 e. The molecule has 1 aliphatic carbocycles. The van der Waals surface area contributed by atoms with E-state index in [-0.39, 0.29) is 5.41 Å². The molecular weight excluding hydrogens is 414 g/mol. The molecule has 1 aliphatic rings. The lowest BCUT2D eigenvalue weighted by atomic mass is 9.81. The summed E-state index contributed by atoms with van der Waals surface area (Å²) in [6.45, 7) is 4.65. The molecule has 6 aromatic rings. The van der Waals surface area contributed by atoms with Gasteiger partial charge in [0.15, 0.2) is 0 Å². The summed E-state index contributed by atoms with van der Waals surface area (Å²) < 4.78 is 2.27. The van der Waals surface area contributed by atoms with Crippen LogP contribution in [-0.2, 0) is 5.41 Å². The van der Waals surface area contributed by atoms with E-state index in [4.69, 9.17) is 9.97 Å². The fourth-order valence-electron chi connectivity index (χ4n) is 5.69. The molecule has 2 aromatic heterocycles. The first-order chi connectivity index (χ1) is 16.6. The quantitative estimate of drug-likeness (QED) is 0.280. The number of nitrogens with zero attached hydrogens (tertiary/aromatic N) is 3. The highest BCUT2D eigenvalue weighted by atomic mass is 15.2. The Morgan fingerprint density at radius 2 is 1.32 bits per heavy atom. The maximum atomic E-state index is 5.21. The van der Waals surface area contributed by atoms with Gasteiger partial charge in [-0.15, -0.1) is 0 Å². The van der Waals surface area contributed by atoms with Crippen LogP contribution in [0.1, 0.15) is 25.0 Å². The van der Waals surface area contributed by atoms with E-state index < -0.39 is 0 Å². The molecule has 0 bridgehead atoms. The molecule has 0 radical (unpaired) electrons. The van der Waals surface area contributed by atoms with Gasteiger partial charge in [0, 0.05) is 27.3 Å². The first-order valence-electron chi connectivity index (χ1n) is 11.7. The van der Waals surface area contributed by atoms with Crippen molar-refractivity contribution in [3.8, 4) is 28.5 Å². The molecule has 34 heavy (non-hydrogen) atoms. The normalized spacial score (nSPS) is 13.8. The summed E-state index contributed by atoms with van der Waals surface area (Å²) in [5.41, 5.74) is 9.21. The zero-order valence-electron chi connectivity index (χ0n) is 19.2. The molecule has 0 spiro atoms. The summed E-state index contributed by atoms with van der Waals surface area (Å²) in [5.74, 6) is 0.711. The second-order valence-corrected chi connectivity index (χ2v) is 9.50. The Balaban J connectivity index is 1.63. The molecule has 7 rings (SSSR count). The van der Waals surface area contributed by atoms with Crippen LogP contribution in [0.4, 0.5) is 0 Å². The molecule has 0 unspecified atom stereocenters. The van der Waals surface area contributed by atoms with E-state index in [0.717, 1.165) is 27.7 Å². The van der Waals surface area contributed by atoms with Crippen molar-refractivity contribution < 1.29 is 0 Å². The Morgan fingerprint density at radius 1 is 0.647 bits per heavy atom. The maximum Gasteiger partial charge on any atom is 0.235 e. The minimum Gasteiger partial charge on any atom is -0.278 e. The van der Waals surface area contributed by atoms with Gasteiger partial charge in [-0.05, 0) is 23.3 Å². The Kier molecular flexibility index (Phi) is 3.89. The van der Waals surface area contributed by atoms with Crippen molar-refractivity contribution in [2.45, 2.75) is 19.3 Å². The maximum absolute atomic E-state index is 5.21. The smallest absolute Gasteiger partial charge is 0.235 e. The third-order valence-corrected chi connectivity index (χ3v) is 7.19. The van der Waals surface area contributed by atoms with Crippen molar-refractivity contribution in [3.63, 3.8) is 0 Å². The number of hydrogen-bond donors (Lipinski definition) is 0. The van der Waals surface area contributed by atoms with Gasteiger partial charge in [0.2, 0.25) is 5.95 Å². The number of aromatic nitrogens is 3. The molecule has 0 saturated heterocycles. The highest BCUT2D eigenvalue weighted by Crippen LogP contribution is 2.53. The molecule has 0 atom stereocenters. The van der Waals surface area contributed by atoms with Crippen molar-refractivity contribution in [2.24, 2.45) is 0 Å². The molecule has 3 nitrogen and oxygen atoms in total. The number of benzene rings is 4. The van der Waals surface area contributed by atoms with Crippen molar-refractivity contribution >= 4 is 21.8 Å². The van der Waals surface area contributed by atoms with Crippen molar-refractivity contribution in [3.05, 3.63) is 114 Å². The first-order valence-corrected chi connectivity index (χ1v) is 11.7. The second-order valence-electron chi connectivity index (χ2n) is 9.50. The first kappa shape index (κ1) is 19.2. The molecule has 4 aromatic carbocycles. The Hall–Kier alpha value is -4.24. The molecule has 0 aliphatic heterocycles. The van der Waals surface area contributed by atoms with Gasteiger partial charge in [0.1, 0.15) is 0 Å². The number of fused-ring (bicyclic) bond motifs is 6. The average Bonchev–Trinajstić information content (AvgIpc) is 3.35. The lowest BCUT2D eigenvalue weighted by Gasteiger charge is -2.21. The topological polar surface area (TPSA) is 30.7 Å². The van der Waals surface area contributed by atoms with Gasteiger partial charge in [-0.2, -0.15) is 0 Å². The predicted octanol–water partition coefficient (Wildman–Crippen LogP) is 7.55. The number of para-hydroxylation sites is 2.